The summed E-state index contributed by atoms with van der Waals surface area (Å²) in [4.78, 5) is 4.87. The Kier molecular flexibility index (Phi) is 5.69. The van der Waals surface area contributed by atoms with Crippen molar-refractivity contribution in [2.45, 2.75) is 52.1 Å². The van der Waals surface area contributed by atoms with Crippen molar-refractivity contribution in [1.82, 2.24) is 9.80 Å². The maximum Gasteiger partial charge on any atom is 0.0718 e. The van der Waals surface area contributed by atoms with Crippen LogP contribution in [0.25, 0.3) is 0 Å². The zero-order valence-corrected chi connectivity index (χ0v) is 14.1. The maximum absolute atomic E-state index is 9.91. The van der Waals surface area contributed by atoms with Crippen LogP contribution in [0.3, 0.4) is 0 Å². The van der Waals surface area contributed by atoms with Crippen LogP contribution in [0.4, 0.5) is 0 Å². The molecular formula is C17H34N2O2. The molecule has 0 bridgehead atoms. The van der Waals surface area contributed by atoms with Crippen LogP contribution in [0.15, 0.2) is 0 Å². The minimum Gasteiger partial charge on any atom is -0.396 e. The number of nitrogens with zero attached hydrogens (tertiary/aromatic N) is 2. The zero-order valence-electron chi connectivity index (χ0n) is 14.1. The second kappa shape index (κ2) is 6.95. The van der Waals surface area contributed by atoms with Gasteiger partial charge >= 0.3 is 0 Å². The fraction of sp³-hybridized carbons (Fsp3) is 1.00. The normalized spacial score (nSPS) is 33.3. The highest BCUT2D eigenvalue weighted by atomic mass is 16.3. The first kappa shape index (κ1) is 17.2. The van der Waals surface area contributed by atoms with Gasteiger partial charge in [-0.15, -0.1) is 0 Å². The van der Waals surface area contributed by atoms with Crippen LogP contribution in [0.5, 0.6) is 0 Å². The lowest BCUT2D eigenvalue weighted by atomic mass is 9.71. The highest BCUT2D eigenvalue weighted by Crippen LogP contribution is 2.39. The summed E-state index contributed by atoms with van der Waals surface area (Å²) in [5, 5.41) is 19.8. The number of hydrogen-bond donors (Lipinski definition) is 2. The third-order valence-electron chi connectivity index (χ3n) is 5.30. The molecule has 1 saturated carbocycles. The van der Waals surface area contributed by atoms with Crippen molar-refractivity contribution in [2.24, 2.45) is 11.3 Å². The van der Waals surface area contributed by atoms with E-state index in [-0.39, 0.29) is 5.41 Å². The molecule has 2 rings (SSSR count). The van der Waals surface area contributed by atoms with E-state index in [1.807, 2.05) is 13.8 Å². The number of rotatable bonds is 5. The van der Waals surface area contributed by atoms with Crippen LogP contribution in [0.2, 0.25) is 0 Å². The molecule has 124 valence electrons. The SMILES string of the molecule is CC1CCC(CO)(CN2CCN(CC(C)(C)O)CC2)CC1. The van der Waals surface area contributed by atoms with Gasteiger partial charge in [-0.25, -0.2) is 0 Å². The molecule has 1 aliphatic heterocycles. The molecule has 0 spiro atoms. The van der Waals surface area contributed by atoms with Gasteiger partial charge in [0.25, 0.3) is 0 Å². The van der Waals surface area contributed by atoms with E-state index in [1.165, 1.54) is 25.7 Å². The Morgan fingerprint density at radius 1 is 1.05 bits per heavy atom. The first-order valence-electron chi connectivity index (χ1n) is 8.60. The molecule has 21 heavy (non-hydrogen) atoms. The molecule has 1 saturated heterocycles. The average Bonchev–Trinajstić information content (AvgIpc) is 2.42. The van der Waals surface area contributed by atoms with Crippen LogP contribution in [0.1, 0.15) is 46.5 Å². The van der Waals surface area contributed by atoms with Gasteiger partial charge < -0.3 is 15.1 Å². The topological polar surface area (TPSA) is 46.9 Å². The minimum absolute atomic E-state index is 0.144. The molecule has 0 aromatic rings. The van der Waals surface area contributed by atoms with Crippen molar-refractivity contribution in [3.8, 4) is 0 Å². The van der Waals surface area contributed by atoms with Crippen molar-refractivity contribution in [3.05, 3.63) is 0 Å². The van der Waals surface area contributed by atoms with Crippen LogP contribution in [0, 0.1) is 11.3 Å². The standard InChI is InChI=1S/C17H34N2O2/c1-15-4-6-17(14-20,7-5-15)13-19-10-8-18(9-11-19)12-16(2,3)21/h15,20-21H,4-14H2,1-3H3. The molecule has 1 heterocycles. The van der Waals surface area contributed by atoms with Crippen molar-refractivity contribution in [1.29, 1.82) is 0 Å². The minimum atomic E-state index is -0.603. The Morgan fingerprint density at radius 2 is 1.57 bits per heavy atom. The monoisotopic (exact) mass is 298 g/mol. The molecule has 4 heteroatoms. The largest absolute Gasteiger partial charge is 0.396 e. The second-order valence-electron chi connectivity index (χ2n) is 8.21. The molecule has 0 unspecified atom stereocenters. The molecule has 0 aromatic heterocycles. The van der Waals surface area contributed by atoms with E-state index in [9.17, 15) is 10.2 Å². The molecule has 2 aliphatic rings. The van der Waals surface area contributed by atoms with E-state index in [1.54, 1.807) is 0 Å². The molecule has 2 N–H and O–H groups in total. The van der Waals surface area contributed by atoms with Crippen LogP contribution in [-0.2, 0) is 0 Å². The van der Waals surface area contributed by atoms with Crippen molar-refractivity contribution in [2.75, 3.05) is 45.9 Å². The predicted molar refractivity (Wildman–Crippen MR) is 86.3 cm³/mol. The van der Waals surface area contributed by atoms with Gasteiger partial charge in [0.1, 0.15) is 0 Å². The van der Waals surface area contributed by atoms with E-state index in [4.69, 9.17) is 0 Å². The van der Waals surface area contributed by atoms with Gasteiger partial charge in [-0.3, -0.25) is 4.90 Å². The summed E-state index contributed by atoms with van der Waals surface area (Å²) in [5.74, 6) is 0.827. The lowest BCUT2D eigenvalue weighted by Crippen LogP contribution is -2.53. The molecular weight excluding hydrogens is 264 g/mol. The smallest absolute Gasteiger partial charge is 0.0718 e. The zero-order chi connectivity index (χ0) is 15.5. The van der Waals surface area contributed by atoms with Crippen LogP contribution in [-0.4, -0.2) is 71.5 Å². The Morgan fingerprint density at radius 3 is 2.05 bits per heavy atom. The number of aliphatic hydroxyl groups excluding tert-OH is 1. The highest BCUT2D eigenvalue weighted by molar-refractivity contribution is 4.89. The molecule has 0 amide bonds. The van der Waals surface area contributed by atoms with Gasteiger partial charge in [-0.1, -0.05) is 19.8 Å². The van der Waals surface area contributed by atoms with Crippen molar-refractivity contribution < 1.29 is 10.2 Å². The second-order valence-corrected chi connectivity index (χ2v) is 8.21. The summed E-state index contributed by atoms with van der Waals surface area (Å²) in [6.45, 7) is 12.4. The quantitative estimate of drug-likeness (QED) is 0.809. The lowest BCUT2D eigenvalue weighted by Gasteiger charge is -2.44. The average molecular weight is 298 g/mol. The fourth-order valence-corrected chi connectivity index (χ4v) is 3.87. The summed E-state index contributed by atoms with van der Waals surface area (Å²) in [7, 11) is 0. The molecule has 0 aromatic carbocycles. The molecule has 0 atom stereocenters. The Hall–Kier alpha value is -0.160. The third-order valence-corrected chi connectivity index (χ3v) is 5.30. The summed E-state index contributed by atoms with van der Waals surface area (Å²) in [6.07, 6.45) is 4.88. The molecule has 1 aliphatic carbocycles. The number of β-amino-alcohol motifs (C(OH)–C–C–N with tert-alkyl or cyclic N) is 1. The van der Waals surface area contributed by atoms with Gasteiger partial charge in [0, 0.05) is 51.3 Å². The van der Waals surface area contributed by atoms with Gasteiger partial charge in [0.05, 0.1) is 5.60 Å². The summed E-state index contributed by atoms with van der Waals surface area (Å²) >= 11 is 0. The third kappa shape index (κ3) is 5.20. The molecule has 0 radical (unpaired) electrons. The van der Waals surface area contributed by atoms with Gasteiger partial charge in [-0.05, 0) is 32.6 Å². The fourth-order valence-electron chi connectivity index (χ4n) is 3.87. The predicted octanol–water partition coefficient (Wildman–Crippen LogP) is 1.56. The number of piperazine rings is 1. The Balaban J connectivity index is 1.79. The van der Waals surface area contributed by atoms with E-state index < -0.39 is 5.60 Å². The van der Waals surface area contributed by atoms with Gasteiger partial charge in [-0.2, -0.15) is 0 Å². The molecule has 2 fully saturated rings. The summed E-state index contributed by atoms with van der Waals surface area (Å²) in [6, 6.07) is 0. The van der Waals surface area contributed by atoms with Crippen molar-refractivity contribution >= 4 is 0 Å². The lowest BCUT2D eigenvalue weighted by molar-refractivity contribution is -0.00791. The van der Waals surface area contributed by atoms with E-state index >= 15 is 0 Å². The van der Waals surface area contributed by atoms with Gasteiger partial charge in [0.15, 0.2) is 0 Å². The van der Waals surface area contributed by atoms with E-state index in [2.05, 4.69) is 16.7 Å². The number of hydrogen-bond acceptors (Lipinski definition) is 4. The number of aliphatic hydroxyl groups is 2. The Labute approximate surface area is 130 Å². The summed E-state index contributed by atoms with van der Waals surface area (Å²) in [5.41, 5.74) is -0.459. The first-order valence-corrected chi connectivity index (χ1v) is 8.60. The van der Waals surface area contributed by atoms with Crippen LogP contribution < -0.4 is 0 Å². The van der Waals surface area contributed by atoms with Gasteiger partial charge in [0.2, 0.25) is 0 Å². The summed E-state index contributed by atoms with van der Waals surface area (Å²) < 4.78 is 0. The first-order chi connectivity index (χ1) is 9.82. The Bertz CT molecular complexity index is 311. The van der Waals surface area contributed by atoms with E-state index in [0.717, 1.165) is 45.2 Å². The molecule has 4 nitrogen and oxygen atoms in total. The maximum atomic E-state index is 9.91. The highest BCUT2D eigenvalue weighted by Gasteiger charge is 2.36. The van der Waals surface area contributed by atoms with Crippen LogP contribution >= 0.6 is 0 Å². The van der Waals surface area contributed by atoms with Crippen molar-refractivity contribution in [3.63, 3.8) is 0 Å². The van der Waals surface area contributed by atoms with E-state index in [0.29, 0.717) is 6.61 Å².